The minimum Gasteiger partial charge on any atom is -0.396 e. The van der Waals surface area contributed by atoms with Crippen molar-refractivity contribution in [2.24, 2.45) is 11.8 Å². The van der Waals surface area contributed by atoms with Crippen molar-refractivity contribution in [3.8, 4) is 0 Å². The van der Waals surface area contributed by atoms with Gasteiger partial charge in [0.25, 0.3) is 0 Å². The van der Waals surface area contributed by atoms with Crippen LogP contribution in [0.2, 0.25) is 0 Å². The van der Waals surface area contributed by atoms with Gasteiger partial charge in [0.1, 0.15) is 0 Å². The molecule has 2 atom stereocenters. The van der Waals surface area contributed by atoms with Gasteiger partial charge in [-0.2, -0.15) is 0 Å². The van der Waals surface area contributed by atoms with Crippen molar-refractivity contribution in [2.75, 3.05) is 46.0 Å². The van der Waals surface area contributed by atoms with Gasteiger partial charge in [-0.15, -0.1) is 0 Å². The molecule has 110 valence electrons. The van der Waals surface area contributed by atoms with E-state index in [1.165, 1.54) is 0 Å². The third-order valence-corrected chi connectivity index (χ3v) is 4.31. The molecule has 2 fully saturated rings. The molecule has 0 aromatic rings. The number of nitrogens with zero attached hydrogens (tertiary/aromatic N) is 1. The maximum atomic E-state index is 12.1. The third-order valence-electron chi connectivity index (χ3n) is 4.31. The molecular formula is C14H26N2O3. The fraction of sp³-hybridized carbons (Fsp3) is 0.929. The van der Waals surface area contributed by atoms with Crippen molar-refractivity contribution >= 4 is 5.91 Å². The Morgan fingerprint density at radius 2 is 2.00 bits per heavy atom. The van der Waals surface area contributed by atoms with E-state index in [-0.39, 0.29) is 24.3 Å². The van der Waals surface area contributed by atoms with Gasteiger partial charge in [-0.25, -0.2) is 0 Å². The van der Waals surface area contributed by atoms with Crippen molar-refractivity contribution in [1.29, 1.82) is 0 Å². The van der Waals surface area contributed by atoms with Gasteiger partial charge in [0.15, 0.2) is 0 Å². The first kappa shape index (κ1) is 14.8. The molecule has 19 heavy (non-hydrogen) atoms. The van der Waals surface area contributed by atoms with Crippen LogP contribution in [-0.4, -0.2) is 61.9 Å². The minimum absolute atomic E-state index is 0.0171. The highest BCUT2D eigenvalue weighted by Crippen LogP contribution is 2.29. The zero-order valence-electron chi connectivity index (χ0n) is 11.6. The second-order valence-corrected chi connectivity index (χ2v) is 5.58. The number of aliphatic hydroxyl groups excluding tert-OH is 1. The van der Waals surface area contributed by atoms with Crippen LogP contribution >= 0.6 is 0 Å². The lowest BCUT2D eigenvalue weighted by atomic mass is 9.79. The van der Waals surface area contributed by atoms with Gasteiger partial charge < -0.3 is 15.2 Å². The van der Waals surface area contributed by atoms with E-state index in [2.05, 4.69) is 10.2 Å². The molecule has 1 saturated heterocycles. The first-order chi connectivity index (χ1) is 9.31. The van der Waals surface area contributed by atoms with Gasteiger partial charge in [0.2, 0.25) is 5.91 Å². The molecule has 0 bridgehead atoms. The third kappa shape index (κ3) is 4.44. The number of morpholine rings is 1. The Balaban J connectivity index is 1.67. The standard InChI is InChI=1S/C14H26N2O3/c17-11-12-3-1-2-4-13(12)14(18)15-5-6-16-7-9-19-10-8-16/h12-13,17H,1-11H2,(H,15,18). The maximum absolute atomic E-state index is 12.1. The van der Waals surface area contributed by atoms with E-state index in [1.54, 1.807) is 0 Å². The van der Waals surface area contributed by atoms with Crippen LogP contribution in [0.5, 0.6) is 0 Å². The number of nitrogens with one attached hydrogen (secondary N) is 1. The summed E-state index contributed by atoms with van der Waals surface area (Å²) in [6.07, 6.45) is 4.16. The molecule has 5 heteroatoms. The highest BCUT2D eigenvalue weighted by Gasteiger charge is 2.30. The molecule has 0 aromatic carbocycles. The SMILES string of the molecule is O=C(NCCN1CCOCC1)C1CCCCC1CO. The fourth-order valence-corrected chi connectivity index (χ4v) is 3.06. The zero-order valence-corrected chi connectivity index (χ0v) is 11.6. The van der Waals surface area contributed by atoms with Gasteiger partial charge >= 0.3 is 0 Å². The number of carbonyl (C=O) groups excluding carboxylic acids is 1. The van der Waals surface area contributed by atoms with E-state index in [4.69, 9.17) is 4.74 Å². The first-order valence-electron chi connectivity index (χ1n) is 7.50. The van der Waals surface area contributed by atoms with Gasteiger partial charge in [-0.05, 0) is 18.8 Å². The highest BCUT2D eigenvalue weighted by atomic mass is 16.5. The topological polar surface area (TPSA) is 61.8 Å². The molecular weight excluding hydrogens is 244 g/mol. The molecule has 1 aliphatic carbocycles. The Labute approximate surface area is 115 Å². The number of amides is 1. The summed E-state index contributed by atoms with van der Waals surface area (Å²) in [6, 6.07) is 0. The largest absolute Gasteiger partial charge is 0.396 e. The van der Waals surface area contributed by atoms with Crippen LogP contribution in [0.3, 0.4) is 0 Å². The number of carbonyl (C=O) groups is 1. The molecule has 1 aliphatic heterocycles. The summed E-state index contributed by atoms with van der Waals surface area (Å²) in [5.41, 5.74) is 0. The van der Waals surface area contributed by atoms with E-state index < -0.39 is 0 Å². The van der Waals surface area contributed by atoms with Crippen LogP contribution in [-0.2, 0) is 9.53 Å². The summed E-state index contributed by atoms with van der Waals surface area (Å²) in [4.78, 5) is 14.5. The molecule has 0 spiro atoms. The number of aliphatic hydroxyl groups is 1. The van der Waals surface area contributed by atoms with E-state index in [0.29, 0.717) is 6.54 Å². The molecule has 2 rings (SSSR count). The number of rotatable bonds is 5. The lowest BCUT2D eigenvalue weighted by Gasteiger charge is -2.30. The van der Waals surface area contributed by atoms with Gasteiger partial charge in [0, 0.05) is 38.7 Å². The second kappa shape index (κ2) is 7.82. The normalized spacial score (nSPS) is 29.1. The molecule has 2 aliphatic rings. The average Bonchev–Trinajstić information content (AvgIpc) is 2.48. The van der Waals surface area contributed by atoms with E-state index in [0.717, 1.165) is 58.5 Å². The van der Waals surface area contributed by atoms with Crippen LogP contribution < -0.4 is 5.32 Å². The predicted octanol–water partition coefficient (Wildman–Crippen LogP) is 0.233. The molecule has 0 aromatic heterocycles. The lowest BCUT2D eigenvalue weighted by Crippen LogP contribution is -2.44. The monoisotopic (exact) mass is 270 g/mol. The molecule has 2 N–H and O–H groups in total. The van der Waals surface area contributed by atoms with Crippen LogP contribution in [0.15, 0.2) is 0 Å². The second-order valence-electron chi connectivity index (χ2n) is 5.58. The van der Waals surface area contributed by atoms with E-state index in [1.807, 2.05) is 0 Å². The summed E-state index contributed by atoms with van der Waals surface area (Å²) in [5.74, 6) is 0.313. The quantitative estimate of drug-likeness (QED) is 0.751. The maximum Gasteiger partial charge on any atom is 0.223 e. The summed E-state index contributed by atoms with van der Waals surface area (Å²) in [7, 11) is 0. The molecule has 0 radical (unpaired) electrons. The Kier molecular flexibility index (Phi) is 6.07. The van der Waals surface area contributed by atoms with Crippen molar-refractivity contribution in [2.45, 2.75) is 25.7 Å². The predicted molar refractivity (Wildman–Crippen MR) is 72.8 cm³/mol. The molecule has 1 amide bonds. The van der Waals surface area contributed by atoms with Crippen LogP contribution in [0.1, 0.15) is 25.7 Å². The van der Waals surface area contributed by atoms with Crippen LogP contribution in [0, 0.1) is 11.8 Å². The zero-order chi connectivity index (χ0) is 13.5. The fourth-order valence-electron chi connectivity index (χ4n) is 3.06. The number of hydrogen-bond acceptors (Lipinski definition) is 4. The van der Waals surface area contributed by atoms with Crippen molar-refractivity contribution in [1.82, 2.24) is 10.2 Å². The Morgan fingerprint density at radius 3 is 2.74 bits per heavy atom. The van der Waals surface area contributed by atoms with Crippen LogP contribution in [0.4, 0.5) is 0 Å². The van der Waals surface area contributed by atoms with E-state index in [9.17, 15) is 9.90 Å². The number of ether oxygens (including phenoxy) is 1. The summed E-state index contributed by atoms with van der Waals surface area (Å²) < 4.78 is 5.29. The number of hydrogen-bond donors (Lipinski definition) is 2. The van der Waals surface area contributed by atoms with E-state index >= 15 is 0 Å². The molecule has 1 saturated carbocycles. The first-order valence-corrected chi connectivity index (χ1v) is 7.50. The summed E-state index contributed by atoms with van der Waals surface area (Å²) in [5, 5.41) is 12.4. The summed E-state index contributed by atoms with van der Waals surface area (Å²) >= 11 is 0. The molecule has 2 unspecified atom stereocenters. The minimum atomic E-state index is 0.0171. The van der Waals surface area contributed by atoms with Crippen molar-refractivity contribution in [3.05, 3.63) is 0 Å². The van der Waals surface area contributed by atoms with Crippen LogP contribution in [0.25, 0.3) is 0 Å². The Morgan fingerprint density at radius 1 is 1.26 bits per heavy atom. The highest BCUT2D eigenvalue weighted by molar-refractivity contribution is 5.79. The van der Waals surface area contributed by atoms with Gasteiger partial charge in [-0.1, -0.05) is 12.8 Å². The van der Waals surface area contributed by atoms with Gasteiger partial charge in [-0.3, -0.25) is 9.69 Å². The average molecular weight is 270 g/mol. The van der Waals surface area contributed by atoms with Gasteiger partial charge in [0.05, 0.1) is 13.2 Å². The Bertz CT molecular complexity index is 280. The van der Waals surface area contributed by atoms with Crippen molar-refractivity contribution in [3.63, 3.8) is 0 Å². The summed E-state index contributed by atoms with van der Waals surface area (Å²) in [6.45, 7) is 5.24. The molecule has 5 nitrogen and oxygen atoms in total. The van der Waals surface area contributed by atoms with Crippen molar-refractivity contribution < 1.29 is 14.6 Å². The molecule has 1 heterocycles. The smallest absolute Gasteiger partial charge is 0.223 e. The lowest BCUT2D eigenvalue weighted by molar-refractivity contribution is -0.128. The Hall–Kier alpha value is -0.650.